The predicted octanol–water partition coefficient (Wildman–Crippen LogP) is 2.97. The second kappa shape index (κ2) is 15.5. The summed E-state index contributed by atoms with van der Waals surface area (Å²) in [6.45, 7) is 2.21. The van der Waals surface area contributed by atoms with Gasteiger partial charge in [0.05, 0.1) is 16.6 Å². The van der Waals surface area contributed by atoms with Gasteiger partial charge in [0.1, 0.15) is 30.2 Å². The molecule has 11 nitrogen and oxygen atoms in total. The second-order valence-electron chi connectivity index (χ2n) is 11.6. The molecule has 0 radical (unpaired) electrons. The SMILES string of the molecule is CN1CCC(N(C)C)CC1.O=Cc1cc2nc(C3C(=O)NC=CC3NCC(O)COc3cccc(C(F)(F)F)c3)[nH]c2cc1C=O. The van der Waals surface area contributed by atoms with E-state index in [1.807, 2.05) is 0 Å². The van der Waals surface area contributed by atoms with Crippen molar-refractivity contribution in [2.75, 3.05) is 47.4 Å². The quantitative estimate of drug-likeness (QED) is 0.245. The number of aldehydes is 2. The Balaban J connectivity index is 0.000000409. The summed E-state index contributed by atoms with van der Waals surface area (Å²) >= 11 is 0. The maximum atomic E-state index is 12.9. The Bertz CT molecular complexity index is 1490. The first-order chi connectivity index (χ1) is 21.9. The number of aromatic amines is 1. The van der Waals surface area contributed by atoms with Crippen LogP contribution in [0.4, 0.5) is 13.2 Å². The van der Waals surface area contributed by atoms with Crippen molar-refractivity contribution < 1.29 is 37.4 Å². The molecule has 1 aromatic heterocycles. The zero-order valence-electron chi connectivity index (χ0n) is 25.9. The van der Waals surface area contributed by atoms with E-state index < -0.39 is 29.8 Å². The van der Waals surface area contributed by atoms with Gasteiger partial charge in [-0.3, -0.25) is 14.4 Å². The highest BCUT2D eigenvalue weighted by atomic mass is 19.4. The van der Waals surface area contributed by atoms with E-state index in [9.17, 15) is 32.7 Å². The number of hydrogen-bond donors (Lipinski definition) is 4. The van der Waals surface area contributed by atoms with Gasteiger partial charge in [-0.25, -0.2) is 4.98 Å². The zero-order chi connectivity index (χ0) is 33.4. The lowest BCUT2D eigenvalue weighted by atomic mass is 9.95. The average molecular weight is 645 g/mol. The molecule has 14 heteroatoms. The van der Waals surface area contributed by atoms with E-state index in [4.69, 9.17) is 4.74 Å². The molecule has 2 aliphatic rings. The monoisotopic (exact) mass is 644 g/mol. The first kappa shape index (κ1) is 34.8. The highest BCUT2D eigenvalue weighted by Crippen LogP contribution is 2.31. The van der Waals surface area contributed by atoms with Crippen molar-refractivity contribution in [3.05, 3.63) is 71.2 Å². The van der Waals surface area contributed by atoms with Crippen molar-refractivity contribution in [3.8, 4) is 5.75 Å². The number of H-pyrrole nitrogens is 1. The van der Waals surface area contributed by atoms with Crippen molar-refractivity contribution in [1.29, 1.82) is 0 Å². The number of aromatic nitrogens is 2. The van der Waals surface area contributed by atoms with Gasteiger partial charge in [-0.1, -0.05) is 12.1 Å². The normalized spacial score (nSPS) is 19.8. The van der Waals surface area contributed by atoms with E-state index in [0.717, 1.165) is 18.2 Å². The first-order valence-electron chi connectivity index (χ1n) is 14.9. The van der Waals surface area contributed by atoms with Crippen LogP contribution in [0.5, 0.6) is 5.75 Å². The van der Waals surface area contributed by atoms with E-state index in [-0.39, 0.29) is 41.8 Å². The number of alkyl halides is 3. The van der Waals surface area contributed by atoms with Crippen molar-refractivity contribution in [1.82, 2.24) is 30.4 Å². The van der Waals surface area contributed by atoms with Gasteiger partial charge in [-0.2, -0.15) is 13.2 Å². The van der Waals surface area contributed by atoms with E-state index in [0.29, 0.717) is 23.6 Å². The Morgan fingerprint density at radius 3 is 2.50 bits per heavy atom. The molecule has 0 bridgehead atoms. The van der Waals surface area contributed by atoms with Gasteiger partial charge in [-0.15, -0.1) is 0 Å². The Labute approximate surface area is 264 Å². The molecule has 2 aliphatic heterocycles. The lowest BCUT2D eigenvalue weighted by Crippen LogP contribution is -2.47. The summed E-state index contributed by atoms with van der Waals surface area (Å²) in [5.41, 5.74) is 0.350. The van der Waals surface area contributed by atoms with Gasteiger partial charge >= 0.3 is 6.18 Å². The molecule has 2 aromatic carbocycles. The number of aliphatic hydroxyl groups excluding tert-OH is 1. The molecule has 3 atom stereocenters. The summed E-state index contributed by atoms with van der Waals surface area (Å²) in [5.74, 6) is -0.974. The Kier molecular flexibility index (Phi) is 11.7. The van der Waals surface area contributed by atoms with Crippen LogP contribution >= 0.6 is 0 Å². The number of ether oxygens (including phenoxy) is 1. The molecule has 0 spiro atoms. The predicted molar refractivity (Wildman–Crippen MR) is 166 cm³/mol. The maximum absolute atomic E-state index is 12.9. The fourth-order valence-corrected chi connectivity index (χ4v) is 5.34. The van der Waals surface area contributed by atoms with Crippen LogP contribution in [0.1, 0.15) is 50.9 Å². The van der Waals surface area contributed by atoms with Gasteiger partial charge < -0.3 is 35.3 Å². The molecule has 3 heterocycles. The number of imidazole rings is 1. The number of aliphatic hydroxyl groups is 1. The summed E-state index contributed by atoms with van der Waals surface area (Å²) in [6.07, 6.45) is 1.26. The molecule has 0 aliphatic carbocycles. The third-order valence-corrected chi connectivity index (χ3v) is 8.04. The van der Waals surface area contributed by atoms with E-state index in [1.54, 1.807) is 6.08 Å². The smallest absolute Gasteiger partial charge is 0.416 e. The lowest BCUT2D eigenvalue weighted by molar-refractivity contribution is -0.137. The van der Waals surface area contributed by atoms with Crippen LogP contribution in [0.2, 0.25) is 0 Å². The van der Waals surface area contributed by atoms with Crippen LogP contribution in [0.15, 0.2) is 48.7 Å². The average Bonchev–Trinajstić information content (AvgIpc) is 3.44. The molecule has 46 heavy (non-hydrogen) atoms. The summed E-state index contributed by atoms with van der Waals surface area (Å²) in [5, 5.41) is 15.9. The third kappa shape index (κ3) is 9.00. The highest BCUT2D eigenvalue weighted by molar-refractivity contribution is 5.96. The number of halogens is 3. The third-order valence-electron chi connectivity index (χ3n) is 8.04. The minimum absolute atomic E-state index is 0.0367. The number of carbonyl (C=O) groups excluding carboxylic acids is 3. The van der Waals surface area contributed by atoms with Gasteiger partial charge in [0.25, 0.3) is 0 Å². The van der Waals surface area contributed by atoms with Crippen molar-refractivity contribution in [3.63, 3.8) is 0 Å². The number of nitrogens with zero attached hydrogens (tertiary/aromatic N) is 3. The Hall–Kier alpha value is -4.11. The molecular weight excluding hydrogens is 605 g/mol. The second-order valence-corrected chi connectivity index (χ2v) is 11.6. The Morgan fingerprint density at radius 2 is 1.85 bits per heavy atom. The van der Waals surface area contributed by atoms with E-state index >= 15 is 0 Å². The number of piperidine rings is 1. The first-order valence-corrected chi connectivity index (χ1v) is 14.9. The van der Waals surface area contributed by atoms with Gasteiger partial charge in [0.2, 0.25) is 5.91 Å². The van der Waals surface area contributed by atoms with Crippen LogP contribution in [0.3, 0.4) is 0 Å². The molecule has 1 fully saturated rings. The number of likely N-dealkylation sites (tertiary alicyclic amines) is 1. The minimum Gasteiger partial charge on any atom is -0.491 e. The molecule has 248 valence electrons. The number of fused-ring (bicyclic) bond motifs is 1. The topological polar surface area (TPSA) is 140 Å². The molecule has 5 rings (SSSR count). The van der Waals surface area contributed by atoms with Crippen LogP contribution in [-0.4, -0.2) is 109 Å². The van der Waals surface area contributed by atoms with E-state index in [1.165, 1.54) is 56.4 Å². The van der Waals surface area contributed by atoms with Gasteiger partial charge in [0, 0.05) is 36.0 Å². The fraction of sp³-hybridized carbons (Fsp3) is 0.438. The summed E-state index contributed by atoms with van der Waals surface area (Å²) in [6, 6.07) is 7.47. The zero-order valence-corrected chi connectivity index (χ0v) is 25.9. The number of carbonyl (C=O) groups is 3. The number of rotatable bonds is 10. The summed E-state index contributed by atoms with van der Waals surface area (Å²) in [4.78, 5) is 47.3. The van der Waals surface area contributed by atoms with Crippen molar-refractivity contribution in [2.24, 2.45) is 0 Å². The van der Waals surface area contributed by atoms with Crippen LogP contribution in [-0.2, 0) is 11.0 Å². The lowest BCUT2D eigenvalue weighted by Gasteiger charge is -2.32. The molecule has 0 saturated carbocycles. The summed E-state index contributed by atoms with van der Waals surface area (Å²) in [7, 11) is 6.55. The minimum atomic E-state index is -4.51. The number of amides is 1. The molecule has 3 aromatic rings. The Morgan fingerprint density at radius 1 is 1.15 bits per heavy atom. The number of nitrogens with one attached hydrogen (secondary N) is 3. The van der Waals surface area contributed by atoms with Crippen molar-refractivity contribution >= 4 is 29.5 Å². The fourth-order valence-electron chi connectivity index (χ4n) is 5.34. The molecule has 1 amide bonds. The van der Waals surface area contributed by atoms with E-state index in [2.05, 4.69) is 51.5 Å². The van der Waals surface area contributed by atoms with Crippen LogP contribution < -0.4 is 15.4 Å². The van der Waals surface area contributed by atoms with Crippen molar-refractivity contribution in [2.45, 2.75) is 43.1 Å². The van der Waals surface area contributed by atoms with Gasteiger partial charge in [0.15, 0.2) is 12.6 Å². The number of benzene rings is 2. The highest BCUT2D eigenvalue weighted by Gasteiger charge is 2.34. The van der Waals surface area contributed by atoms with Gasteiger partial charge in [-0.05, 0) is 77.4 Å². The summed E-state index contributed by atoms with van der Waals surface area (Å²) < 4.78 is 43.9. The molecule has 1 saturated heterocycles. The maximum Gasteiger partial charge on any atom is 0.416 e. The largest absolute Gasteiger partial charge is 0.491 e. The molecule has 4 N–H and O–H groups in total. The molecular formula is C32H39F3N6O5. The van der Waals surface area contributed by atoms with Crippen LogP contribution in [0, 0.1) is 0 Å². The number of hydrogen-bond acceptors (Lipinski definition) is 9. The standard InChI is InChI=1S/C24H21F3N4O5.C8H18N2/c25-24(26,27)15-2-1-3-17(8-15)36-12-16(34)9-29-18-4-5-28-23(35)21(18)22-30-19-6-13(10-32)14(11-33)7-20(19)31-22;1-9(2)8-4-6-10(3)7-5-8/h1-8,10-11,16,18,21,29,34H,9,12H2,(H,28,35)(H,30,31);8H,4-7H2,1-3H3. The van der Waals surface area contributed by atoms with Crippen LogP contribution in [0.25, 0.3) is 11.0 Å². The molecule has 3 unspecified atom stereocenters.